The largest absolute Gasteiger partial charge is 0.300 e. The lowest BCUT2D eigenvalue weighted by molar-refractivity contribution is -0.118. The van der Waals surface area contributed by atoms with E-state index in [1.807, 2.05) is 0 Å². The molecule has 2 bridgehead atoms. The van der Waals surface area contributed by atoms with E-state index in [1.54, 1.807) is 0 Å². The molecule has 3 aliphatic rings. The van der Waals surface area contributed by atoms with Crippen molar-refractivity contribution in [1.82, 2.24) is 0 Å². The summed E-state index contributed by atoms with van der Waals surface area (Å²) in [7, 11) is 0. The third kappa shape index (κ3) is 1.02. The number of ketones is 1. The predicted octanol–water partition coefficient (Wildman–Crippen LogP) is 3.35. The van der Waals surface area contributed by atoms with E-state index < -0.39 is 0 Å². The van der Waals surface area contributed by atoms with Crippen LogP contribution >= 0.6 is 0 Å². The van der Waals surface area contributed by atoms with Crippen molar-refractivity contribution in [2.45, 2.75) is 46.0 Å². The Labute approximate surface area is 91.9 Å². The number of allylic oxidation sites excluding steroid dienone is 1. The summed E-state index contributed by atoms with van der Waals surface area (Å²) < 4.78 is 0. The summed E-state index contributed by atoms with van der Waals surface area (Å²) in [5.41, 5.74) is 2.01. The van der Waals surface area contributed by atoms with Gasteiger partial charge in [0, 0.05) is 12.8 Å². The van der Waals surface area contributed by atoms with Gasteiger partial charge in [-0.3, -0.25) is 4.79 Å². The summed E-state index contributed by atoms with van der Waals surface area (Å²) in [6.45, 7) is 8.99. The molecule has 3 aliphatic carbocycles. The zero-order chi connectivity index (χ0) is 10.8. The van der Waals surface area contributed by atoms with Gasteiger partial charge in [-0.15, -0.1) is 0 Å². The molecule has 0 saturated heterocycles. The molecule has 3 fully saturated rings. The van der Waals surface area contributed by atoms with E-state index in [-0.39, 0.29) is 5.41 Å². The van der Waals surface area contributed by atoms with Crippen LogP contribution < -0.4 is 0 Å². The van der Waals surface area contributed by atoms with Gasteiger partial charge in [0.2, 0.25) is 0 Å². The summed E-state index contributed by atoms with van der Waals surface area (Å²) in [6, 6.07) is 0. The van der Waals surface area contributed by atoms with Crippen LogP contribution in [0.2, 0.25) is 0 Å². The van der Waals surface area contributed by atoms with Crippen molar-refractivity contribution >= 4 is 5.78 Å². The highest BCUT2D eigenvalue weighted by molar-refractivity contribution is 5.83. The van der Waals surface area contributed by atoms with E-state index in [0.29, 0.717) is 17.1 Å². The SMILES string of the molecule is C=C1C2CC(=O)CC23CCC(C3)C1(C)C. The molecule has 0 amide bonds. The molecular formula is C14H20O. The normalized spacial score (nSPS) is 47.1. The maximum Gasteiger partial charge on any atom is 0.134 e. The van der Waals surface area contributed by atoms with Gasteiger partial charge in [-0.1, -0.05) is 26.0 Å². The molecular weight excluding hydrogens is 184 g/mol. The average Bonchev–Trinajstić information content (AvgIpc) is 2.68. The summed E-state index contributed by atoms with van der Waals surface area (Å²) in [4.78, 5) is 11.7. The molecule has 82 valence electrons. The summed E-state index contributed by atoms with van der Waals surface area (Å²) >= 11 is 0. The molecule has 1 heteroatoms. The maximum atomic E-state index is 11.7. The topological polar surface area (TPSA) is 17.1 Å². The first kappa shape index (κ1) is 9.62. The molecule has 3 saturated carbocycles. The van der Waals surface area contributed by atoms with E-state index in [1.165, 1.54) is 24.8 Å². The number of rotatable bonds is 0. The van der Waals surface area contributed by atoms with Crippen LogP contribution in [0.3, 0.4) is 0 Å². The van der Waals surface area contributed by atoms with Crippen LogP contribution in [0.25, 0.3) is 0 Å². The molecule has 0 radical (unpaired) electrons. The van der Waals surface area contributed by atoms with Crippen LogP contribution in [0.15, 0.2) is 12.2 Å². The zero-order valence-electron chi connectivity index (χ0n) is 9.81. The van der Waals surface area contributed by atoms with Gasteiger partial charge >= 0.3 is 0 Å². The minimum Gasteiger partial charge on any atom is -0.300 e. The van der Waals surface area contributed by atoms with Crippen LogP contribution in [-0.4, -0.2) is 5.78 Å². The molecule has 0 aliphatic heterocycles. The second-order valence-electron chi connectivity index (χ2n) is 6.52. The Hall–Kier alpha value is -0.590. The van der Waals surface area contributed by atoms with Gasteiger partial charge in [0.1, 0.15) is 5.78 Å². The van der Waals surface area contributed by atoms with Crippen LogP contribution in [0, 0.1) is 22.7 Å². The first-order valence-electron chi connectivity index (χ1n) is 6.17. The van der Waals surface area contributed by atoms with E-state index in [2.05, 4.69) is 20.4 Å². The van der Waals surface area contributed by atoms with Crippen molar-refractivity contribution in [3.63, 3.8) is 0 Å². The van der Waals surface area contributed by atoms with Gasteiger partial charge in [-0.25, -0.2) is 0 Å². The molecule has 1 spiro atoms. The molecule has 0 aromatic heterocycles. The Balaban J connectivity index is 2.07. The Morgan fingerprint density at radius 3 is 2.87 bits per heavy atom. The first-order valence-corrected chi connectivity index (χ1v) is 6.17. The molecule has 3 rings (SSSR count). The van der Waals surface area contributed by atoms with Gasteiger partial charge in [-0.05, 0) is 41.9 Å². The second kappa shape index (κ2) is 2.56. The lowest BCUT2D eigenvalue weighted by atomic mass is 9.58. The zero-order valence-corrected chi connectivity index (χ0v) is 9.81. The fourth-order valence-corrected chi connectivity index (χ4v) is 4.49. The van der Waals surface area contributed by atoms with Crippen molar-refractivity contribution in [2.75, 3.05) is 0 Å². The van der Waals surface area contributed by atoms with E-state index >= 15 is 0 Å². The monoisotopic (exact) mass is 204 g/mol. The van der Waals surface area contributed by atoms with Crippen LogP contribution in [-0.2, 0) is 4.79 Å². The number of hydrogen-bond acceptors (Lipinski definition) is 1. The van der Waals surface area contributed by atoms with E-state index in [9.17, 15) is 4.79 Å². The van der Waals surface area contributed by atoms with E-state index in [4.69, 9.17) is 0 Å². The molecule has 1 nitrogen and oxygen atoms in total. The first-order chi connectivity index (χ1) is 6.96. The fourth-order valence-electron chi connectivity index (χ4n) is 4.49. The number of Topliss-reactive ketones (excluding diaryl/α,β-unsaturated/α-hetero) is 1. The smallest absolute Gasteiger partial charge is 0.134 e. The summed E-state index contributed by atoms with van der Waals surface area (Å²) in [5, 5.41) is 0. The highest BCUT2D eigenvalue weighted by Crippen LogP contribution is 2.67. The summed E-state index contributed by atoms with van der Waals surface area (Å²) in [5.74, 6) is 1.78. The minimum atomic E-state index is 0.273. The van der Waals surface area contributed by atoms with Crippen LogP contribution in [0.4, 0.5) is 0 Å². The Morgan fingerprint density at radius 2 is 2.13 bits per heavy atom. The van der Waals surface area contributed by atoms with Crippen molar-refractivity contribution in [3.8, 4) is 0 Å². The number of carbonyl (C=O) groups excluding carboxylic acids is 1. The standard InChI is InChI=1S/C14H20O/c1-9-12-6-11(15)8-14(12)5-4-10(7-14)13(9,2)3/h10,12H,1,4-8H2,2-3H3. The maximum absolute atomic E-state index is 11.7. The summed E-state index contributed by atoms with van der Waals surface area (Å²) in [6.07, 6.45) is 5.51. The van der Waals surface area contributed by atoms with E-state index in [0.717, 1.165) is 18.8 Å². The molecule has 0 aromatic carbocycles. The second-order valence-corrected chi connectivity index (χ2v) is 6.52. The molecule has 3 atom stereocenters. The van der Waals surface area contributed by atoms with Crippen LogP contribution in [0.1, 0.15) is 46.0 Å². The highest BCUT2D eigenvalue weighted by Gasteiger charge is 2.60. The third-order valence-corrected chi connectivity index (χ3v) is 5.63. The number of carbonyl (C=O) groups is 1. The van der Waals surface area contributed by atoms with Crippen molar-refractivity contribution in [2.24, 2.45) is 22.7 Å². The average molecular weight is 204 g/mol. The quantitative estimate of drug-likeness (QED) is 0.553. The molecule has 3 unspecified atom stereocenters. The highest BCUT2D eigenvalue weighted by atomic mass is 16.1. The number of hydrogen-bond donors (Lipinski definition) is 0. The molecule has 0 N–H and O–H groups in total. The Morgan fingerprint density at radius 1 is 1.40 bits per heavy atom. The minimum absolute atomic E-state index is 0.273. The van der Waals surface area contributed by atoms with Crippen LogP contribution in [0.5, 0.6) is 0 Å². The Bertz CT molecular complexity index is 352. The van der Waals surface area contributed by atoms with Gasteiger partial charge in [0.15, 0.2) is 0 Å². The predicted molar refractivity (Wildman–Crippen MR) is 60.4 cm³/mol. The van der Waals surface area contributed by atoms with Crippen molar-refractivity contribution < 1.29 is 4.79 Å². The van der Waals surface area contributed by atoms with Gasteiger partial charge in [0.25, 0.3) is 0 Å². The van der Waals surface area contributed by atoms with Gasteiger partial charge in [-0.2, -0.15) is 0 Å². The molecule has 0 aromatic rings. The fraction of sp³-hybridized carbons (Fsp3) is 0.786. The van der Waals surface area contributed by atoms with Gasteiger partial charge in [0.05, 0.1) is 0 Å². The lowest BCUT2D eigenvalue weighted by Gasteiger charge is -2.46. The van der Waals surface area contributed by atoms with Crippen molar-refractivity contribution in [1.29, 1.82) is 0 Å². The lowest BCUT2D eigenvalue weighted by Crippen LogP contribution is -2.38. The number of fused-ring (bicyclic) bond motifs is 1. The molecule has 15 heavy (non-hydrogen) atoms. The van der Waals surface area contributed by atoms with Crippen molar-refractivity contribution in [3.05, 3.63) is 12.2 Å². The third-order valence-electron chi connectivity index (χ3n) is 5.63. The van der Waals surface area contributed by atoms with Gasteiger partial charge < -0.3 is 0 Å². The molecule has 0 heterocycles. The Kier molecular flexibility index (Phi) is 1.64.